The Bertz CT molecular complexity index is 446. The van der Waals surface area contributed by atoms with Crippen LogP contribution in [0, 0.1) is 5.92 Å². The molecule has 0 saturated heterocycles. The Morgan fingerprint density at radius 3 is 2.30 bits per heavy atom. The first-order valence-electron chi connectivity index (χ1n) is 6.79. The van der Waals surface area contributed by atoms with Gasteiger partial charge < -0.3 is 16.8 Å². The van der Waals surface area contributed by atoms with Crippen molar-refractivity contribution in [2.24, 2.45) is 17.4 Å². The van der Waals surface area contributed by atoms with Gasteiger partial charge in [-0.15, -0.1) is 0 Å². The second-order valence-electron chi connectivity index (χ2n) is 5.39. The highest BCUT2D eigenvalue weighted by molar-refractivity contribution is 5.89. The molecule has 1 aromatic rings. The third-order valence-corrected chi connectivity index (χ3v) is 3.00. The van der Waals surface area contributed by atoms with Crippen LogP contribution in [0.4, 0.5) is 0 Å². The highest BCUT2D eigenvalue weighted by Gasteiger charge is 2.22. The van der Waals surface area contributed by atoms with Gasteiger partial charge in [-0.2, -0.15) is 0 Å². The van der Waals surface area contributed by atoms with Crippen LogP contribution in [0.1, 0.15) is 25.8 Å². The fourth-order valence-corrected chi connectivity index (χ4v) is 1.96. The molecule has 5 heteroatoms. The van der Waals surface area contributed by atoms with Gasteiger partial charge in [-0.05, 0) is 24.3 Å². The summed E-state index contributed by atoms with van der Waals surface area (Å²) in [6.45, 7) is 3.93. The molecule has 0 aliphatic rings. The van der Waals surface area contributed by atoms with Crippen molar-refractivity contribution in [2.75, 3.05) is 0 Å². The number of amides is 2. The average Bonchev–Trinajstić information content (AvgIpc) is 2.38. The van der Waals surface area contributed by atoms with Crippen LogP contribution in [-0.4, -0.2) is 23.9 Å². The van der Waals surface area contributed by atoms with E-state index in [-0.39, 0.29) is 11.8 Å². The summed E-state index contributed by atoms with van der Waals surface area (Å²) < 4.78 is 0. The van der Waals surface area contributed by atoms with Gasteiger partial charge in [0.15, 0.2) is 0 Å². The molecule has 5 N–H and O–H groups in total. The van der Waals surface area contributed by atoms with Crippen LogP contribution in [0.25, 0.3) is 0 Å². The molecular formula is C15H23N3O2. The van der Waals surface area contributed by atoms with Gasteiger partial charge in [-0.3, -0.25) is 9.59 Å². The number of hydrogen-bond donors (Lipinski definition) is 3. The summed E-state index contributed by atoms with van der Waals surface area (Å²) in [5, 5.41) is 2.63. The second kappa shape index (κ2) is 7.65. The Morgan fingerprint density at radius 1 is 1.20 bits per heavy atom. The Labute approximate surface area is 119 Å². The SMILES string of the molecule is CC(C)CC(NC(=O)[C@@H](N)Cc1ccccc1)C(N)=O. The first-order chi connectivity index (χ1) is 9.40. The number of benzene rings is 1. The van der Waals surface area contributed by atoms with E-state index >= 15 is 0 Å². The summed E-state index contributed by atoms with van der Waals surface area (Å²) in [4.78, 5) is 23.3. The number of nitrogens with one attached hydrogen (secondary N) is 1. The van der Waals surface area contributed by atoms with Crippen LogP contribution >= 0.6 is 0 Å². The maximum Gasteiger partial charge on any atom is 0.240 e. The minimum atomic E-state index is -0.689. The minimum Gasteiger partial charge on any atom is -0.368 e. The Kier molecular flexibility index (Phi) is 6.18. The highest BCUT2D eigenvalue weighted by Crippen LogP contribution is 2.06. The first kappa shape index (κ1) is 16.2. The third kappa shape index (κ3) is 5.40. The molecule has 0 aliphatic carbocycles. The van der Waals surface area contributed by atoms with E-state index < -0.39 is 18.0 Å². The number of primary amides is 1. The summed E-state index contributed by atoms with van der Waals surface area (Å²) >= 11 is 0. The molecule has 0 bridgehead atoms. The van der Waals surface area contributed by atoms with Gasteiger partial charge in [0.2, 0.25) is 11.8 Å². The quantitative estimate of drug-likeness (QED) is 0.679. The summed E-state index contributed by atoms with van der Waals surface area (Å²) in [6, 6.07) is 8.16. The molecule has 110 valence electrons. The van der Waals surface area contributed by atoms with Crippen molar-refractivity contribution in [3.8, 4) is 0 Å². The topological polar surface area (TPSA) is 98.2 Å². The number of carbonyl (C=O) groups is 2. The van der Waals surface area contributed by atoms with Gasteiger partial charge >= 0.3 is 0 Å². The molecule has 1 aromatic carbocycles. The molecule has 0 aliphatic heterocycles. The lowest BCUT2D eigenvalue weighted by Gasteiger charge is -2.20. The Hall–Kier alpha value is -1.88. The van der Waals surface area contributed by atoms with Crippen molar-refractivity contribution in [1.82, 2.24) is 5.32 Å². The molecule has 0 aromatic heterocycles. The zero-order valence-electron chi connectivity index (χ0n) is 12.0. The van der Waals surface area contributed by atoms with Gasteiger partial charge in [0.1, 0.15) is 6.04 Å². The van der Waals surface area contributed by atoms with Crippen LogP contribution in [0.3, 0.4) is 0 Å². The predicted octanol–water partition coefficient (Wildman–Crippen LogP) is 0.573. The van der Waals surface area contributed by atoms with Crippen molar-refractivity contribution in [3.05, 3.63) is 35.9 Å². The molecule has 2 atom stereocenters. The van der Waals surface area contributed by atoms with Crippen LogP contribution in [0.15, 0.2) is 30.3 Å². The lowest BCUT2D eigenvalue weighted by molar-refractivity contribution is -0.128. The normalized spacial score (nSPS) is 13.8. The van der Waals surface area contributed by atoms with E-state index in [1.165, 1.54) is 0 Å². The van der Waals surface area contributed by atoms with Gasteiger partial charge in [0.25, 0.3) is 0 Å². The molecule has 0 radical (unpaired) electrons. The van der Waals surface area contributed by atoms with Crippen LogP contribution in [0.5, 0.6) is 0 Å². The largest absolute Gasteiger partial charge is 0.368 e. The lowest BCUT2D eigenvalue weighted by atomic mass is 10.0. The van der Waals surface area contributed by atoms with E-state index in [9.17, 15) is 9.59 Å². The summed E-state index contributed by atoms with van der Waals surface area (Å²) in [5.74, 6) is -0.615. The van der Waals surface area contributed by atoms with E-state index in [1.807, 2.05) is 44.2 Å². The zero-order chi connectivity index (χ0) is 15.1. The Balaban J connectivity index is 2.57. The number of hydrogen-bond acceptors (Lipinski definition) is 3. The zero-order valence-corrected chi connectivity index (χ0v) is 12.0. The van der Waals surface area contributed by atoms with Crippen molar-refractivity contribution in [3.63, 3.8) is 0 Å². The molecule has 5 nitrogen and oxygen atoms in total. The predicted molar refractivity (Wildman–Crippen MR) is 78.7 cm³/mol. The van der Waals surface area contributed by atoms with Gasteiger partial charge in [-0.25, -0.2) is 0 Å². The van der Waals surface area contributed by atoms with Crippen molar-refractivity contribution < 1.29 is 9.59 Å². The van der Waals surface area contributed by atoms with Crippen LogP contribution in [0.2, 0.25) is 0 Å². The molecule has 0 spiro atoms. The highest BCUT2D eigenvalue weighted by atomic mass is 16.2. The molecular weight excluding hydrogens is 254 g/mol. The average molecular weight is 277 g/mol. The summed E-state index contributed by atoms with van der Waals surface area (Å²) in [5.41, 5.74) is 12.1. The molecule has 20 heavy (non-hydrogen) atoms. The van der Waals surface area contributed by atoms with Crippen molar-refractivity contribution in [1.29, 1.82) is 0 Å². The molecule has 1 unspecified atom stereocenters. The molecule has 2 amide bonds. The summed E-state index contributed by atoms with van der Waals surface area (Å²) in [7, 11) is 0. The first-order valence-corrected chi connectivity index (χ1v) is 6.79. The summed E-state index contributed by atoms with van der Waals surface area (Å²) in [6.07, 6.45) is 0.943. The maximum atomic E-state index is 12.0. The fourth-order valence-electron chi connectivity index (χ4n) is 1.96. The standard InChI is InChI=1S/C15H23N3O2/c1-10(2)8-13(14(17)19)18-15(20)12(16)9-11-6-4-3-5-7-11/h3-7,10,12-13H,8-9,16H2,1-2H3,(H2,17,19)(H,18,20)/t12-,13?/m0/s1. The number of rotatable bonds is 7. The van der Waals surface area contributed by atoms with Crippen LogP contribution in [-0.2, 0) is 16.0 Å². The van der Waals surface area contributed by atoms with E-state index in [1.54, 1.807) is 0 Å². The third-order valence-electron chi connectivity index (χ3n) is 3.00. The smallest absolute Gasteiger partial charge is 0.240 e. The van der Waals surface area contributed by atoms with Crippen LogP contribution < -0.4 is 16.8 Å². The Morgan fingerprint density at radius 2 is 1.80 bits per heavy atom. The van der Waals surface area contributed by atoms with E-state index in [0.29, 0.717) is 12.8 Å². The molecule has 1 rings (SSSR count). The van der Waals surface area contributed by atoms with Crippen molar-refractivity contribution in [2.45, 2.75) is 38.8 Å². The molecule has 0 saturated carbocycles. The minimum absolute atomic E-state index is 0.262. The fraction of sp³-hybridized carbons (Fsp3) is 0.467. The number of carbonyl (C=O) groups excluding carboxylic acids is 2. The number of nitrogens with two attached hydrogens (primary N) is 2. The monoisotopic (exact) mass is 277 g/mol. The lowest BCUT2D eigenvalue weighted by Crippen LogP contribution is -2.51. The molecule has 0 fully saturated rings. The van der Waals surface area contributed by atoms with E-state index in [4.69, 9.17) is 11.5 Å². The van der Waals surface area contributed by atoms with E-state index in [2.05, 4.69) is 5.32 Å². The molecule has 0 heterocycles. The van der Waals surface area contributed by atoms with Gasteiger partial charge in [0, 0.05) is 0 Å². The van der Waals surface area contributed by atoms with Crippen molar-refractivity contribution >= 4 is 11.8 Å². The second-order valence-corrected chi connectivity index (χ2v) is 5.39. The van der Waals surface area contributed by atoms with Gasteiger partial charge in [-0.1, -0.05) is 44.2 Å². The maximum absolute atomic E-state index is 12.0. The van der Waals surface area contributed by atoms with E-state index in [0.717, 1.165) is 5.56 Å². The van der Waals surface area contributed by atoms with Gasteiger partial charge in [0.05, 0.1) is 6.04 Å².